The summed E-state index contributed by atoms with van der Waals surface area (Å²) in [4.78, 5) is 92.5. The van der Waals surface area contributed by atoms with Crippen molar-refractivity contribution in [2.45, 2.75) is 95.4 Å². The van der Waals surface area contributed by atoms with Crippen LogP contribution in [0.25, 0.3) is 10.9 Å². The number of aromatic amines is 1. The number of carboxylic acid groups (broad SMARTS) is 2. The van der Waals surface area contributed by atoms with Crippen LogP contribution in [0.4, 0.5) is 0 Å². The lowest BCUT2D eigenvalue weighted by Crippen LogP contribution is -2.56. The molecule has 2 rings (SSSR count). The lowest BCUT2D eigenvalue weighted by molar-refractivity contribution is -0.154. The molecule has 252 valence electrons. The van der Waals surface area contributed by atoms with Crippen LogP contribution in [0.1, 0.15) is 64.4 Å². The van der Waals surface area contributed by atoms with Gasteiger partial charge in [-0.2, -0.15) is 0 Å². The van der Waals surface area contributed by atoms with Crippen molar-refractivity contribution in [3.8, 4) is 0 Å². The zero-order valence-corrected chi connectivity index (χ0v) is 25.8. The number of hydrogen-bond acceptors (Lipinski definition) is 9. The van der Waals surface area contributed by atoms with Gasteiger partial charge in [0.15, 0.2) is 0 Å². The Balaban J connectivity index is 2.40. The van der Waals surface area contributed by atoms with Gasteiger partial charge in [0.25, 0.3) is 0 Å². The van der Waals surface area contributed by atoms with Gasteiger partial charge < -0.3 is 43.0 Å². The lowest BCUT2D eigenvalue weighted by Gasteiger charge is -2.31. The van der Waals surface area contributed by atoms with E-state index in [0.29, 0.717) is 16.9 Å². The smallest absolute Gasteiger partial charge is 0.326 e. The number of amides is 5. The number of aliphatic carboxylic acids is 2. The van der Waals surface area contributed by atoms with Crippen molar-refractivity contribution in [1.82, 2.24) is 20.5 Å². The summed E-state index contributed by atoms with van der Waals surface area (Å²) >= 11 is 0. The SMILES string of the molecule is [2H]N[C@@H](C)C(=O)N[C@@H](CCC(=O)N(C(=O)CCCC(C)N)[C@@H](CCC(=O)O)C(=O)N[C@@H](Cc1c[nH]c2ccccc12)C(=O)O)C(N)=O. The number of rotatable bonds is 20. The Bertz CT molecular complexity index is 1450. The van der Waals surface area contributed by atoms with Crippen LogP contribution >= 0.6 is 0 Å². The van der Waals surface area contributed by atoms with E-state index in [9.17, 15) is 43.8 Å². The van der Waals surface area contributed by atoms with Crippen LogP contribution in [0.5, 0.6) is 0 Å². The van der Waals surface area contributed by atoms with Crippen molar-refractivity contribution < 1.29 is 45.2 Å². The molecule has 1 unspecified atom stereocenters. The highest BCUT2D eigenvalue weighted by Gasteiger charge is 2.37. The predicted molar refractivity (Wildman–Crippen MR) is 166 cm³/mol. The Morgan fingerprint density at radius 3 is 2.17 bits per heavy atom. The number of aromatic nitrogens is 1. The van der Waals surface area contributed by atoms with Gasteiger partial charge in [-0.25, -0.2) is 4.79 Å². The maximum absolute atomic E-state index is 13.7. The zero-order valence-electron chi connectivity index (χ0n) is 26.8. The van der Waals surface area contributed by atoms with Gasteiger partial charge in [0.2, 0.25) is 29.5 Å². The second-order valence-corrected chi connectivity index (χ2v) is 11.2. The minimum atomic E-state index is -1.72. The molecule has 0 fully saturated rings. The lowest BCUT2D eigenvalue weighted by atomic mass is 10.0. The van der Waals surface area contributed by atoms with Crippen molar-refractivity contribution in [2.24, 2.45) is 17.2 Å². The summed E-state index contributed by atoms with van der Waals surface area (Å²) in [5.74, 6) is -7.37. The number of carboxylic acids is 2. The Morgan fingerprint density at radius 1 is 0.913 bits per heavy atom. The summed E-state index contributed by atoms with van der Waals surface area (Å²) in [6.07, 6.45) is -0.344. The molecule has 1 heterocycles. The van der Waals surface area contributed by atoms with Gasteiger partial charge in [-0.15, -0.1) is 0 Å². The molecule has 0 aliphatic heterocycles. The van der Waals surface area contributed by atoms with Crippen LogP contribution in [0.3, 0.4) is 0 Å². The molecule has 16 nitrogen and oxygen atoms in total. The number of fused-ring (bicyclic) bond motifs is 1. The number of nitrogens with zero attached hydrogens (tertiary/aromatic N) is 1. The third kappa shape index (κ3) is 11.3. The number of H-pyrrole nitrogens is 1. The number of nitrogens with one attached hydrogen (secondary N) is 3. The van der Waals surface area contributed by atoms with Crippen LogP contribution in [0.2, 0.25) is 1.41 Å². The fourth-order valence-electron chi connectivity index (χ4n) is 4.78. The monoisotopic (exact) mass is 646 g/mol. The molecule has 1 aromatic carbocycles. The van der Waals surface area contributed by atoms with Crippen LogP contribution in [-0.2, 0) is 40.0 Å². The average molecular weight is 647 g/mol. The van der Waals surface area contributed by atoms with Crippen LogP contribution in [0.15, 0.2) is 30.5 Å². The number of para-hydroxylation sites is 1. The Hall–Kier alpha value is -4.83. The molecule has 0 saturated heterocycles. The van der Waals surface area contributed by atoms with E-state index in [2.05, 4.69) is 15.6 Å². The molecule has 1 aromatic heterocycles. The van der Waals surface area contributed by atoms with E-state index in [4.69, 9.17) is 12.9 Å². The van der Waals surface area contributed by atoms with Gasteiger partial charge in [-0.05, 0) is 51.2 Å². The molecule has 16 heteroatoms. The van der Waals surface area contributed by atoms with E-state index in [1.807, 2.05) is 5.73 Å². The highest BCUT2D eigenvalue weighted by molar-refractivity contribution is 6.01. The minimum Gasteiger partial charge on any atom is -0.481 e. The fraction of sp³-hybridized carbons (Fsp3) is 0.500. The Kier molecular flexibility index (Phi) is 13.6. The molecular weight excluding hydrogens is 602 g/mol. The summed E-state index contributed by atoms with van der Waals surface area (Å²) in [6, 6.07) is 1.19. The van der Waals surface area contributed by atoms with Gasteiger partial charge >= 0.3 is 11.9 Å². The van der Waals surface area contributed by atoms with Crippen molar-refractivity contribution in [1.29, 1.82) is 0 Å². The molecule has 2 aromatic rings. The van der Waals surface area contributed by atoms with E-state index in [1.54, 1.807) is 37.4 Å². The van der Waals surface area contributed by atoms with Crippen LogP contribution < -0.4 is 27.8 Å². The highest BCUT2D eigenvalue weighted by atomic mass is 16.4. The first-order valence-electron chi connectivity index (χ1n) is 15.3. The van der Waals surface area contributed by atoms with Gasteiger partial charge in [-0.1, -0.05) is 18.2 Å². The first-order valence-corrected chi connectivity index (χ1v) is 14.8. The molecule has 5 amide bonds. The minimum absolute atomic E-state index is 0.168. The maximum Gasteiger partial charge on any atom is 0.326 e. The molecule has 0 aliphatic carbocycles. The van der Waals surface area contributed by atoms with E-state index < -0.39 is 84.9 Å². The molecule has 0 radical (unpaired) electrons. The molecule has 0 spiro atoms. The number of imide groups is 1. The molecule has 11 N–H and O–H groups in total. The molecule has 0 bridgehead atoms. The third-order valence-corrected chi connectivity index (χ3v) is 7.25. The van der Waals surface area contributed by atoms with Crippen LogP contribution in [0, 0.1) is 0 Å². The van der Waals surface area contributed by atoms with Crippen LogP contribution in [-0.4, -0.2) is 91.8 Å². The average Bonchev–Trinajstić information content (AvgIpc) is 3.42. The molecule has 5 atom stereocenters. The quantitative estimate of drug-likeness (QED) is 0.0906. The first kappa shape index (κ1) is 35.6. The van der Waals surface area contributed by atoms with E-state index in [0.717, 1.165) is 10.9 Å². The molecule has 0 saturated carbocycles. The number of carbonyl (C=O) groups is 7. The summed E-state index contributed by atoms with van der Waals surface area (Å²) in [6.45, 7) is 3.06. The fourth-order valence-corrected chi connectivity index (χ4v) is 4.78. The van der Waals surface area contributed by atoms with Gasteiger partial charge in [0.05, 0.1) is 6.04 Å². The summed E-state index contributed by atoms with van der Waals surface area (Å²) in [7, 11) is 0. The van der Waals surface area contributed by atoms with Gasteiger partial charge in [0, 0.05) is 48.8 Å². The standard InChI is InChI=1S/C30H43N7O9/c1-16(31)6-5-9-24(38)37(25(39)12-10-21(27(33)42)35-28(43)17(2)32)23(11-13-26(40)41)29(44)36-22(30(45)46)14-18-15-34-20-8-4-3-7-19(18)20/h3-4,7-8,15-17,21-23,34H,5-6,9-14,31-32H2,1-2H3,(H2,33,42)(H,35,43)(H,36,44)(H,40,41)(H,45,46)/t16?,17-,21-,22-,23-/m0/s1/i/hD. The first-order chi connectivity index (χ1) is 22.2. The van der Waals surface area contributed by atoms with Gasteiger partial charge in [-0.3, -0.25) is 33.7 Å². The largest absolute Gasteiger partial charge is 0.481 e. The topological polar surface area (TPSA) is 281 Å². The summed E-state index contributed by atoms with van der Waals surface area (Å²) in [5, 5.41) is 24.8. The van der Waals surface area contributed by atoms with Gasteiger partial charge in [0.1, 0.15) is 19.5 Å². The number of benzene rings is 1. The second-order valence-electron chi connectivity index (χ2n) is 11.2. The third-order valence-electron chi connectivity index (χ3n) is 7.25. The normalized spacial score (nSPS) is 14.6. The Morgan fingerprint density at radius 2 is 1.57 bits per heavy atom. The molecular formula is C30H43N7O9. The summed E-state index contributed by atoms with van der Waals surface area (Å²) in [5.41, 5.74) is 14.4. The van der Waals surface area contributed by atoms with E-state index >= 15 is 0 Å². The summed E-state index contributed by atoms with van der Waals surface area (Å²) < 4.78 is 7.12. The predicted octanol–water partition coefficient (Wildman–Crippen LogP) is -0.517. The zero-order chi connectivity index (χ0) is 35.3. The van der Waals surface area contributed by atoms with Crippen molar-refractivity contribution in [3.05, 3.63) is 36.0 Å². The Labute approximate surface area is 266 Å². The molecule has 0 aliphatic rings. The van der Waals surface area contributed by atoms with Crippen molar-refractivity contribution in [2.75, 3.05) is 0 Å². The number of primary amides is 1. The second kappa shape index (κ2) is 17.6. The number of carbonyl (C=O) groups excluding carboxylic acids is 5. The van der Waals surface area contributed by atoms with Crippen molar-refractivity contribution in [3.63, 3.8) is 0 Å². The van der Waals surface area contributed by atoms with E-state index in [1.165, 1.54) is 6.92 Å². The van der Waals surface area contributed by atoms with E-state index in [-0.39, 0.29) is 31.7 Å². The maximum atomic E-state index is 13.7. The number of hydrogen-bond donors (Lipinski definition) is 8. The number of nitrogens with two attached hydrogens (primary N) is 3. The molecule has 46 heavy (non-hydrogen) atoms. The van der Waals surface area contributed by atoms with Crippen molar-refractivity contribution >= 4 is 52.4 Å². The highest BCUT2D eigenvalue weighted by Crippen LogP contribution is 2.20.